The minimum absolute atomic E-state index is 0.0288. The fourth-order valence-corrected chi connectivity index (χ4v) is 1.39. The summed E-state index contributed by atoms with van der Waals surface area (Å²) in [6.07, 6.45) is 0. The quantitative estimate of drug-likeness (QED) is 0.607. The molecule has 4 nitrogen and oxygen atoms in total. The van der Waals surface area contributed by atoms with Crippen LogP contribution in [0.4, 0.5) is 0 Å². The number of Topliss-reactive ketones (excluding diaryl/α,β-unsaturated/α-hetero) is 1. The monoisotopic (exact) mass is 236 g/mol. The predicted octanol–water partition coefficient (Wildman–Crippen LogP) is 2.68. The molecule has 1 aromatic heterocycles. The number of carbonyl (C=O) groups excluding carboxylic acids is 1. The van der Waals surface area contributed by atoms with Crippen LogP contribution in [-0.4, -0.2) is 15.9 Å². The number of hydrogen-bond donors (Lipinski definition) is 0. The first kappa shape index (κ1) is 10.8. The summed E-state index contributed by atoms with van der Waals surface area (Å²) in [5.41, 5.74) is 1.45. The lowest BCUT2D eigenvalue weighted by atomic mass is 10.1. The van der Waals surface area contributed by atoms with Crippen molar-refractivity contribution in [3.8, 4) is 11.4 Å². The van der Waals surface area contributed by atoms with Crippen LogP contribution < -0.4 is 0 Å². The maximum absolute atomic E-state index is 11.1. The standard InChI is InChI=1S/C11H9ClN2O2/c1-7(15)8-2-4-9(5-3-8)11-13-10(6-12)16-14-11/h2-5H,6H2,1H3. The van der Waals surface area contributed by atoms with E-state index >= 15 is 0 Å². The van der Waals surface area contributed by atoms with E-state index in [1.54, 1.807) is 24.3 Å². The molecular formula is C11H9ClN2O2. The van der Waals surface area contributed by atoms with Gasteiger partial charge in [-0.05, 0) is 6.92 Å². The molecule has 0 aliphatic carbocycles. The third kappa shape index (κ3) is 2.12. The molecule has 1 aromatic carbocycles. The summed E-state index contributed by atoms with van der Waals surface area (Å²) < 4.78 is 4.89. The van der Waals surface area contributed by atoms with Crippen LogP contribution in [0.1, 0.15) is 23.2 Å². The summed E-state index contributed by atoms with van der Waals surface area (Å²) in [5.74, 6) is 1.08. The molecule has 0 spiro atoms. The highest BCUT2D eigenvalue weighted by Crippen LogP contribution is 2.17. The molecule has 2 aromatic rings. The number of rotatable bonds is 3. The van der Waals surface area contributed by atoms with Crippen LogP contribution in [0, 0.1) is 0 Å². The molecule has 0 aliphatic heterocycles. The minimum atomic E-state index is 0.0288. The number of alkyl halides is 1. The number of benzene rings is 1. The summed E-state index contributed by atoms with van der Waals surface area (Å²) in [7, 11) is 0. The number of nitrogens with zero attached hydrogens (tertiary/aromatic N) is 2. The van der Waals surface area contributed by atoms with Gasteiger partial charge in [-0.1, -0.05) is 29.4 Å². The van der Waals surface area contributed by atoms with E-state index < -0.39 is 0 Å². The number of halogens is 1. The molecule has 0 saturated heterocycles. The molecule has 0 saturated carbocycles. The van der Waals surface area contributed by atoms with Crippen LogP contribution >= 0.6 is 11.6 Å². The molecule has 0 atom stereocenters. The normalized spacial score (nSPS) is 10.4. The first-order valence-corrected chi connectivity index (χ1v) is 5.24. The Kier molecular flexibility index (Phi) is 3.01. The lowest BCUT2D eigenvalue weighted by Crippen LogP contribution is -1.91. The number of ketones is 1. The highest BCUT2D eigenvalue weighted by molar-refractivity contribution is 6.16. The summed E-state index contributed by atoms with van der Waals surface area (Å²) in [6.45, 7) is 1.52. The Balaban J connectivity index is 2.30. The van der Waals surface area contributed by atoms with Crippen LogP contribution in [-0.2, 0) is 5.88 Å². The molecule has 82 valence electrons. The van der Waals surface area contributed by atoms with Gasteiger partial charge in [-0.2, -0.15) is 4.98 Å². The third-order valence-electron chi connectivity index (χ3n) is 2.13. The average Bonchev–Trinajstić information content (AvgIpc) is 2.77. The molecule has 0 N–H and O–H groups in total. The second-order valence-electron chi connectivity index (χ2n) is 3.28. The molecule has 0 aliphatic rings. The van der Waals surface area contributed by atoms with E-state index in [1.807, 2.05) is 0 Å². The molecule has 0 fully saturated rings. The van der Waals surface area contributed by atoms with Gasteiger partial charge in [0, 0.05) is 11.1 Å². The van der Waals surface area contributed by atoms with Gasteiger partial charge in [0.1, 0.15) is 5.88 Å². The van der Waals surface area contributed by atoms with Gasteiger partial charge in [0.15, 0.2) is 5.78 Å². The summed E-state index contributed by atoms with van der Waals surface area (Å²) in [4.78, 5) is 15.2. The fourth-order valence-electron chi connectivity index (χ4n) is 1.28. The molecule has 2 rings (SSSR count). The zero-order valence-corrected chi connectivity index (χ0v) is 9.36. The Morgan fingerprint density at radius 1 is 1.38 bits per heavy atom. The smallest absolute Gasteiger partial charge is 0.241 e. The minimum Gasteiger partial charge on any atom is -0.338 e. The lowest BCUT2D eigenvalue weighted by Gasteiger charge is -1.96. The van der Waals surface area contributed by atoms with Crippen molar-refractivity contribution in [2.45, 2.75) is 12.8 Å². The molecule has 0 unspecified atom stereocenters. The number of carbonyl (C=O) groups is 1. The fraction of sp³-hybridized carbons (Fsp3) is 0.182. The molecule has 1 heterocycles. The van der Waals surface area contributed by atoms with Crippen molar-refractivity contribution in [2.75, 3.05) is 0 Å². The molecule has 0 radical (unpaired) electrons. The molecule has 5 heteroatoms. The first-order valence-electron chi connectivity index (χ1n) is 4.70. The van der Waals surface area contributed by atoms with Crippen molar-refractivity contribution in [1.82, 2.24) is 10.1 Å². The number of hydrogen-bond acceptors (Lipinski definition) is 4. The third-order valence-corrected chi connectivity index (χ3v) is 2.36. The molecule has 0 amide bonds. The van der Waals surface area contributed by atoms with Crippen LogP contribution in [0.2, 0.25) is 0 Å². The van der Waals surface area contributed by atoms with Crippen LogP contribution in [0.15, 0.2) is 28.8 Å². The first-order chi connectivity index (χ1) is 7.70. The topological polar surface area (TPSA) is 56.0 Å². The largest absolute Gasteiger partial charge is 0.338 e. The van der Waals surface area contributed by atoms with Gasteiger partial charge < -0.3 is 4.52 Å². The molecule has 16 heavy (non-hydrogen) atoms. The van der Waals surface area contributed by atoms with Crippen LogP contribution in [0.25, 0.3) is 11.4 Å². The van der Waals surface area contributed by atoms with Gasteiger partial charge in [-0.3, -0.25) is 4.79 Å². The van der Waals surface area contributed by atoms with E-state index in [1.165, 1.54) is 6.92 Å². The Morgan fingerprint density at radius 3 is 2.56 bits per heavy atom. The average molecular weight is 237 g/mol. The van der Waals surface area contributed by atoms with Crippen molar-refractivity contribution in [3.63, 3.8) is 0 Å². The van der Waals surface area contributed by atoms with Gasteiger partial charge in [-0.15, -0.1) is 11.6 Å². The van der Waals surface area contributed by atoms with Crippen LogP contribution in [0.3, 0.4) is 0 Å². The van der Waals surface area contributed by atoms with Crippen LogP contribution in [0.5, 0.6) is 0 Å². The SMILES string of the molecule is CC(=O)c1ccc(-c2noc(CCl)n2)cc1. The number of aromatic nitrogens is 2. The highest BCUT2D eigenvalue weighted by Gasteiger charge is 2.07. The van der Waals surface area contributed by atoms with Gasteiger partial charge in [0.2, 0.25) is 11.7 Å². The van der Waals surface area contributed by atoms with E-state index in [0.717, 1.165) is 5.56 Å². The van der Waals surface area contributed by atoms with Crippen molar-refractivity contribution in [2.24, 2.45) is 0 Å². The Bertz CT molecular complexity index is 505. The zero-order chi connectivity index (χ0) is 11.5. The van der Waals surface area contributed by atoms with Crippen molar-refractivity contribution < 1.29 is 9.32 Å². The maximum Gasteiger partial charge on any atom is 0.241 e. The second kappa shape index (κ2) is 4.45. The van der Waals surface area contributed by atoms with Crippen molar-refractivity contribution >= 4 is 17.4 Å². The van der Waals surface area contributed by atoms with Gasteiger partial charge >= 0.3 is 0 Å². The summed E-state index contributed by atoms with van der Waals surface area (Å²) in [6, 6.07) is 7.02. The Hall–Kier alpha value is -1.68. The summed E-state index contributed by atoms with van der Waals surface area (Å²) in [5, 5.41) is 3.78. The van der Waals surface area contributed by atoms with Gasteiger partial charge in [-0.25, -0.2) is 0 Å². The van der Waals surface area contributed by atoms with E-state index in [-0.39, 0.29) is 11.7 Å². The van der Waals surface area contributed by atoms with E-state index in [9.17, 15) is 4.79 Å². The van der Waals surface area contributed by atoms with E-state index in [0.29, 0.717) is 17.3 Å². The zero-order valence-electron chi connectivity index (χ0n) is 8.61. The Labute approximate surface area is 97.2 Å². The van der Waals surface area contributed by atoms with Crippen molar-refractivity contribution in [3.05, 3.63) is 35.7 Å². The second-order valence-corrected chi connectivity index (χ2v) is 3.55. The van der Waals surface area contributed by atoms with E-state index in [4.69, 9.17) is 16.1 Å². The predicted molar refractivity (Wildman–Crippen MR) is 59.3 cm³/mol. The molecule has 0 bridgehead atoms. The van der Waals surface area contributed by atoms with Crippen molar-refractivity contribution in [1.29, 1.82) is 0 Å². The van der Waals surface area contributed by atoms with Gasteiger partial charge in [0.05, 0.1) is 0 Å². The lowest BCUT2D eigenvalue weighted by molar-refractivity contribution is 0.101. The highest BCUT2D eigenvalue weighted by atomic mass is 35.5. The Morgan fingerprint density at radius 2 is 2.06 bits per heavy atom. The molecular weight excluding hydrogens is 228 g/mol. The van der Waals surface area contributed by atoms with E-state index in [2.05, 4.69) is 10.1 Å². The van der Waals surface area contributed by atoms with Gasteiger partial charge in [0.25, 0.3) is 0 Å². The summed E-state index contributed by atoms with van der Waals surface area (Å²) >= 11 is 5.55. The maximum atomic E-state index is 11.1.